The van der Waals surface area contributed by atoms with Crippen molar-refractivity contribution in [3.05, 3.63) is 29.8 Å². The average molecular weight is 373 g/mol. The molecule has 0 unspecified atom stereocenters. The van der Waals surface area contributed by atoms with Crippen LogP contribution >= 0.6 is 0 Å². The highest BCUT2D eigenvalue weighted by Crippen LogP contribution is 2.50. The third kappa shape index (κ3) is 2.81. The first kappa shape index (κ1) is 19.4. The Kier molecular flexibility index (Phi) is 4.99. The molecule has 1 aromatic rings. The molecular formula is C20H27N3O4. The van der Waals surface area contributed by atoms with Gasteiger partial charge in [-0.15, -0.1) is 0 Å². The minimum atomic E-state index is -1.18. The van der Waals surface area contributed by atoms with Crippen LogP contribution in [0.2, 0.25) is 0 Å². The van der Waals surface area contributed by atoms with Crippen LogP contribution < -0.4 is 10.2 Å². The van der Waals surface area contributed by atoms with E-state index < -0.39 is 29.4 Å². The molecule has 27 heavy (non-hydrogen) atoms. The van der Waals surface area contributed by atoms with Crippen LogP contribution in [0.25, 0.3) is 0 Å². The molecular weight excluding hydrogens is 346 g/mol. The molecule has 0 saturated carbocycles. The molecule has 3 rings (SSSR count). The lowest BCUT2D eigenvalue weighted by Gasteiger charge is -2.31. The molecule has 0 aromatic heterocycles. The van der Waals surface area contributed by atoms with Gasteiger partial charge in [0.05, 0.1) is 18.9 Å². The van der Waals surface area contributed by atoms with Crippen LogP contribution in [0.4, 0.5) is 5.69 Å². The number of nitrogens with zero attached hydrogens (tertiary/aromatic N) is 2. The summed E-state index contributed by atoms with van der Waals surface area (Å²) in [6, 6.07) is 7.40. The van der Waals surface area contributed by atoms with Crippen LogP contribution in [0.3, 0.4) is 0 Å². The van der Waals surface area contributed by atoms with Crippen LogP contribution in [0, 0.1) is 11.8 Å². The molecule has 7 nitrogen and oxygen atoms in total. The summed E-state index contributed by atoms with van der Waals surface area (Å²) in [7, 11) is 6.72. The highest BCUT2D eigenvalue weighted by Gasteiger charge is 2.67. The molecule has 7 heteroatoms. The predicted molar refractivity (Wildman–Crippen MR) is 101 cm³/mol. The van der Waals surface area contributed by atoms with E-state index in [9.17, 15) is 14.4 Å². The molecule has 2 saturated heterocycles. The van der Waals surface area contributed by atoms with Crippen molar-refractivity contribution in [2.75, 3.05) is 33.2 Å². The third-order valence-electron chi connectivity index (χ3n) is 5.84. The number of imide groups is 1. The Labute approximate surface area is 159 Å². The van der Waals surface area contributed by atoms with E-state index in [1.807, 2.05) is 50.2 Å². The number of likely N-dealkylation sites (tertiary alicyclic amines) is 1. The number of rotatable bonds is 5. The summed E-state index contributed by atoms with van der Waals surface area (Å²) in [6.45, 7) is 1.95. The van der Waals surface area contributed by atoms with Crippen molar-refractivity contribution < 1.29 is 19.1 Å². The van der Waals surface area contributed by atoms with E-state index >= 15 is 0 Å². The van der Waals surface area contributed by atoms with E-state index in [1.54, 1.807) is 0 Å². The Morgan fingerprint density at radius 2 is 1.85 bits per heavy atom. The smallest absolute Gasteiger partial charge is 0.326 e. The summed E-state index contributed by atoms with van der Waals surface area (Å²) in [5.41, 5.74) is 0.734. The highest BCUT2D eigenvalue weighted by molar-refractivity contribution is 6.09. The lowest BCUT2D eigenvalue weighted by atomic mass is 9.77. The molecule has 1 aromatic carbocycles. The third-order valence-corrected chi connectivity index (χ3v) is 5.84. The van der Waals surface area contributed by atoms with Crippen molar-refractivity contribution in [3.63, 3.8) is 0 Å². The lowest BCUT2D eigenvalue weighted by molar-refractivity contribution is -0.154. The number of fused-ring (bicyclic) bond motifs is 1. The number of amides is 2. The highest BCUT2D eigenvalue weighted by atomic mass is 16.5. The first-order chi connectivity index (χ1) is 12.8. The molecule has 1 N–H and O–H groups in total. The summed E-state index contributed by atoms with van der Waals surface area (Å²) in [5, 5.41) is 3.35. The summed E-state index contributed by atoms with van der Waals surface area (Å²) in [4.78, 5) is 41.7. The maximum atomic E-state index is 12.9. The number of ether oxygens (including phenoxy) is 1. The predicted octanol–water partition coefficient (Wildman–Crippen LogP) is 1.34. The largest absolute Gasteiger partial charge is 0.468 e. The molecule has 0 spiro atoms. The molecule has 2 aliphatic rings. The number of methoxy groups -OCH3 is 1. The zero-order valence-corrected chi connectivity index (χ0v) is 16.5. The van der Waals surface area contributed by atoms with E-state index in [-0.39, 0.29) is 11.8 Å². The topological polar surface area (TPSA) is 79.0 Å². The van der Waals surface area contributed by atoms with Gasteiger partial charge in [-0.2, -0.15) is 0 Å². The normalized spacial score (nSPS) is 29.8. The molecule has 0 aliphatic carbocycles. The maximum absolute atomic E-state index is 12.9. The Morgan fingerprint density at radius 1 is 1.22 bits per heavy atom. The second kappa shape index (κ2) is 6.96. The van der Waals surface area contributed by atoms with Crippen LogP contribution in [0.15, 0.2) is 24.3 Å². The Balaban J connectivity index is 2.09. The van der Waals surface area contributed by atoms with Crippen LogP contribution in [0.5, 0.6) is 0 Å². The first-order valence-electron chi connectivity index (χ1n) is 9.23. The molecule has 2 fully saturated rings. The molecule has 146 valence electrons. The lowest BCUT2D eigenvalue weighted by Crippen LogP contribution is -2.56. The minimum absolute atomic E-state index is 0.249. The van der Waals surface area contributed by atoms with Gasteiger partial charge >= 0.3 is 5.97 Å². The van der Waals surface area contributed by atoms with Crippen molar-refractivity contribution >= 4 is 23.5 Å². The van der Waals surface area contributed by atoms with Gasteiger partial charge < -0.3 is 9.64 Å². The zero-order chi connectivity index (χ0) is 19.9. The quantitative estimate of drug-likeness (QED) is 0.620. The summed E-state index contributed by atoms with van der Waals surface area (Å²) < 4.78 is 5.06. The number of hydrogen-bond acceptors (Lipinski definition) is 6. The van der Waals surface area contributed by atoms with E-state index in [0.717, 1.165) is 16.2 Å². The molecule has 2 amide bonds. The van der Waals surface area contributed by atoms with Gasteiger partial charge in [-0.3, -0.25) is 24.6 Å². The number of hydrogen-bond donors (Lipinski definition) is 1. The van der Waals surface area contributed by atoms with Gasteiger partial charge in [0.1, 0.15) is 5.54 Å². The maximum Gasteiger partial charge on any atom is 0.326 e. The Bertz CT molecular complexity index is 761. The fourth-order valence-electron chi connectivity index (χ4n) is 4.51. The van der Waals surface area contributed by atoms with Gasteiger partial charge in [-0.05, 0) is 24.1 Å². The molecule has 0 radical (unpaired) electrons. The van der Waals surface area contributed by atoms with E-state index in [1.165, 1.54) is 14.2 Å². The fourth-order valence-corrected chi connectivity index (χ4v) is 4.51. The van der Waals surface area contributed by atoms with Gasteiger partial charge in [-0.25, -0.2) is 0 Å². The number of nitrogens with one attached hydrogen (secondary N) is 1. The molecule has 4 atom stereocenters. The second-order valence-electron chi connectivity index (χ2n) is 7.56. The van der Waals surface area contributed by atoms with Gasteiger partial charge in [0.2, 0.25) is 11.8 Å². The van der Waals surface area contributed by atoms with Crippen molar-refractivity contribution in [2.45, 2.75) is 31.3 Å². The van der Waals surface area contributed by atoms with Crippen molar-refractivity contribution in [1.82, 2.24) is 10.2 Å². The van der Waals surface area contributed by atoms with Crippen LogP contribution in [-0.4, -0.2) is 56.5 Å². The number of carbonyl (C=O) groups is 3. The number of benzene rings is 1. The number of anilines is 1. The van der Waals surface area contributed by atoms with E-state index in [4.69, 9.17) is 4.74 Å². The van der Waals surface area contributed by atoms with Crippen LogP contribution in [0.1, 0.15) is 31.4 Å². The van der Waals surface area contributed by atoms with Crippen molar-refractivity contribution in [3.8, 4) is 0 Å². The minimum Gasteiger partial charge on any atom is -0.468 e. The Morgan fingerprint density at radius 3 is 2.37 bits per heavy atom. The standard InChI is InChI=1S/C20H27N3O4/c1-6-11-20(19(26)27-5)15-14(17(24)23(4)18(15)25)16(21-20)12-7-9-13(10-8-12)22(2)3/h7-10,14-16,21H,6,11H2,1-5H3/t14-,15+,16-,20+/m0/s1. The summed E-state index contributed by atoms with van der Waals surface area (Å²) >= 11 is 0. The van der Waals surface area contributed by atoms with E-state index in [2.05, 4.69) is 5.32 Å². The summed E-state index contributed by atoms with van der Waals surface area (Å²) in [5.74, 6) is -2.41. The first-order valence-corrected chi connectivity index (χ1v) is 9.23. The van der Waals surface area contributed by atoms with Crippen molar-refractivity contribution in [2.24, 2.45) is 11.8 Å². The van der Waals surface area contributed by atoms with Gasteiger partial charge in [0, 0.05) is 32.9 Å². The second-order valence-corrected chi connectivity index (χ2v) is 7.56. The van der Waals surface area contributed by atoms with Crippen LogP contribution in [-0.2, 0) is 19.1 Å². The number of esters is 1. The molecule has 2 heterocycles. The van der Waals surface area contributed by atoms with Crippen molar-refractivity contribution in [1.29, 1.82) is 0 Å². The van der Waals surface area contributed by atoms with E-state index in [0.29, 0.717) is 12.8 Å². The SMILES string of the molecule is CCC[C@@]1(C(=O)OC)N[C@@H](c2ccc(N(C)C)cc2)[C@H]2C(=O)N(C)C(=O)[C@@H]21. The zero-order valence-electron chi connectivity index (χ0n) is 16.5. The number of carbonyl (C=O) groups excluding carboxylic acids is 3. The summed E-state index contributed by atoms with van der Waals surface area (Å²) in [6.07, 6.45) is 1.11. The van der Waals surface area contributed by atoms with Gasteiger partial charge in [-0.1, -0.05) is 25.5 Å². The average Bonchev–Trinajstić information content (AvgIpc) is 3.12. The Hall–Kier alpha value is -2.41. The monoisotopic (exact) mass is 373 g/mol. The van der Waals surface area contributed by atoms with Gasteiger partial charge in [0.15, 0.2) is 0 Å². The molecule has 0 bridgehead atoms. The fraction of sp³-hybridized carbons (Fsp3) is 0.550. The molecule has 2 aliphatic heterocycles. The van der Waals surface area contributed by atoms with Gasteiger partial charge in [0.25, 0.3) is 0 Å².